The lowest BCUT2D eigenvalue weighted by atomic mass is 10.2. The Balaban J connectivity index is 2.54. The maximum Gasteiger partial charge on any atom is 0.265 e. The van der Waals surface area contributed by atoms with Crippen LogP contribution < -0.4 is 10.5 Å². The van der Waals surface area contributed by atoms with E-state index in [1.165, 1.54) is 19.2 Å². The summed E-state index contributed by atoms with van der Waals surface area (Å²) < 4.78 is 41.0. The third kappa shape index (κ3) is 3.08. The van der Waals surface area contributed by atoms with Gasteiger partial charge in [0.15, 0.2) is 5.15 Å². The highest BCUT2D eigenvalue weighted by molar-refractivity contribution is 7.92. The smallest absolute Gasteiger partial charge is 0.265 e. The normalized spacial score (nSPS) is 11.4. The van der Waals surface area contributed by atoms with Crippen LogP contribution >= 0.6 is 11.6 Å². The van der Waals surface area contributed by atoms with Crippen molar-refractivity contribution in [3.05, 3.63) is 46.5 Å². The molecule has 0 amide bonds. The third-order valence-electron chi connectivity index (χ3n) is 2.88. The van der Waals surface area contributed by atoms with Crippen molar-refractivity contribution in [1.29, 1.82) is 0 Å². The molecule has 21 heavy (non-hydrogen) atoms. The zero-order valence-electron chi connectivity index (χ0n) is 11.3. The number of aryl methyl sites for hydroxylation is 2. The fourth-order valence-corrected chi connectivity index (χ4v) is 3.43. The lowest BCUT2D eigenvalue weighted by molar-refractivity contribution is 0.565. The molecule has 0 unspecified atom stereocenters. The van der Waals surface area contributed by atoms with E-state index in [1.54, 1.807) is 13.0 Å². The monoisotopic (exact) mass is 329 g/mol. The summed E-state index contributed by atoms with van der Waals surface area (Å²) in [6.07, 6.45) is 1.45. The van der Waals surface area contributed by atoms with E-state index < -0.39 is 20.7 Å². The molecule has 0 saturated carbocycles. The number of anilines is 2. The lowest BCUT2D eigenvalue weighted by Gasteiger charge is -2.13. The van der Waals surface area contributed by atoms with Crippen LogP contribution in [0.1, 0.15) is 11.1 Å². The van der Waals surface area contributed by atoms with Crippen LogP contribution in [0.4, 0.5) is 15.8 Å². The largest absolute Gasteiger partial charge is 0.399 e. The molecule has 0 aliphatic carbocycles. The van der Waals surface area contributed by atoms with Gasteiger partial charge in [-0.05, 0) is 43.2 Å². The van der Waals surface area contributed by atoms with Gasteiger partial charge in [-0.15, -0.1) is 0 Å². The molecule has 1 aromatic carbocycles. The van der Waals surface area contributed by atoms with Gasteiger partial charge in [0.2, 0.25) is 0 Å². The maximum atomic E-state index is 14.1. The number of nitrogens with one attached hydrogen (secondary N) is 1. The first-order valence-corrected chi connectivity index (χ1v) is 7.78. The molecule has 0 spiro atoms. The quantitative estimate of drug-likeness (QED) is 0.669. The van der Waals surface area contributed by atoms with Crippen LogP contribution in [0.5, 0.6) is 0 Å². The van der Waals surface area contributed by atoms with E-state index in [2.05, 4.69) is 9.71 Å². The summed E-state index contributed by atoms with van der Waals surface area (Å²) in [4.78, 5) is 3.27. The minimum absolute atomic E-state index is 0.0143. The van der Waals surface area contributed by atoms with Gasteiger partial charge in [0, 0.05) is 11.9 Å². The predicted molar refractivity (Wildman–Crippen MR) is 80.3 cm³/mol. The molecule has 8 heteroatoms. The van der Waals surface area contributed by atoms with Crippen molar-refractivity contribution < 1.29 is 12.8 Å². The first-order valence-electron chi connectivity index (χ1n) is 5.92. The Morgan fingerprint density at radius 3 is 2.57 bits per heavy atom. The Morgan fingerprint density at radius 2 is 1.95 bits per heavy atom. The summed E-state index contributed by atoms with van der Waals surface area (Å²) in [5, 5.41) is -0.0143. The van der Waals surface area contributed by atoms with Crippen LogP contribution in [-0.2, 0) is 10.0 Å². The Hall–Kier alpha value is -1.86. The van der Waals surface area contributed by atoms with Crippen LogP contribution in [0.25, 0.3) is 0 Å². The van der Waals surface area contributed by atoms with Gasteiger partial charge in [0.1, 0.15) is 10.7 Å². The van der Waals surface area contributed by atoms with E-state index in [1.807, 2.05) is 0 Å². The second-order valence-corrected chi connectivity index (χ2v) is 6.56. The number of aromatic nitrogens is 1. The highest BCUT2D eigenvalue weighted by Crippen LogP contribution is 2.28. The number of hydrogen-bond donors (Lipinski definition) is 2. The Bertz CT molecular complexity index is 789. The summed E-state index contributed by atoms with van der Waals surface area (Å²) in [5.74, 6) is -0.852. The average Bonchev–Trinajstić information content (AvgIpc) is 2.38. The maximum absolute atomic E-state index is 14.1. The van der Waals surface area contributed by atoms with Crippen molar-refractivity contribution in [2.75, 3.05) is 10.5 Å². The Kier molecular flexibility index (Phi) is 4.06. The standard InChI is InChI=1S/C13H13ClFN3O2S/c1-7-3-4-17-13(14)12(7)18-21(19,20)10-6-9(16)5-8(2)11(10)15/h3-6,18H,16H2,1-2H3. The molecule has 0 aliphatic heterocycles. The van der Waals surface area contributed by atoms with Gasteiger partial charge >= 0.3 is 0 Å². The van der Waals surface area contributed by atoms with E-state index in [0.717, 1.165) is 6.07 Å². The van der Waals surface area contributed by atoms with E-state index in [9.17, 15) is 12.8 Å². The number of rotatable bonds is 3. The molecule has 3 N–H and O–H groups in total. The number of sulfonamides is 1. The van der Waals surface area contributed by atoms with Gasteiger partial charge in [0.25, 0.3) is 10.0 Å². The molecule has 2 aromatic rings. The molecule has 112 valence electrons. The van der Waals surface area contributed by atoms with Crippen molar-refractivity contribution >= 4 is 33.0 Å². The number of pyridine rings is 1. The van der Waals surface area contributed by atoms with Crippen LogP contribution in [0, 0.1) is 19.7 Å². The van der Waals surface area contributed by atoms with Gasteiger partial charge in [-0.3, -0.25) is 4.72 Å². The summed E-state index contributed by atoms with van der Waals surface area (Å²) in [7, 11) is -4.16. The molecule has 0 fully saturated rings. The molecular weight excluding hydrogens is 317 g/mol. The van der Waals surface area contributed by atoms with Gasteiger partial charge in [-0.2, -0.15) is 0 Å². The number of hydrogen-bond acceptors (Lipinski definition) is 4. The number of benzene rings is 1. The molecule has 0 saturated heterocycles. The molecule has 0 atom stereocenters. The summed E-state index contributed by atoms with van der Waals surface area (Å²) in [6.45, 7) is 3.10. The number of nitrogen functional groups attached to an aromatic ring is 1. The van der Waals surface area contributed by atoms with Gasteiger partial charge in [0.05, 0.1) is 5.69 Å². The van der Waals surface area contributed by atoms with Crippen LogP contribution in [0.3, 0.4) is 0 Å². The van der Waals surface area contributed by atoms with Crippen LogP contribution in [0.15, 0.2) is 29.3 Å². The number of nitrogens with two attached hydrogens (primary N) is 1. The predicted octanol–water partition coefficient (Wildman–Crippen LogP) is 2.87. The topological polar surface area (TPSA) is 85.1 Å². The van der Waals surface area contributed by atoms with Gasteiger partial charge < -0.3 is 5.73 Å². The second-order valence-electron chi connectivity index (χ2n) is 4.55. The summed E-state index contributed by atoms with van der Waals surface area (Å²) in [5.41, 5.74) is 6.56. The average molecular weight is 330 g/mol. The van der Waals surface area contributed by atoms with E-state index >= 15 is 0 Å². The minimum atomic E-state index is -4.16. The van der Waals surface area contributed by atoms with E-state index in [-0.39, 0.29) is 22.1 Å². The molecule has 0 aliphatic rings. The Labute approximate surface area is 127 Å². The zero-order valence-corrected chi connectivity index (χ0v) is 12.9. The number of halogens is 2. The fraction of sp³-hybridized carbons (Fsp3) is 0.154. The summed E-state index contributed by atoms with van der Waals surface area (Å²) >= 11 is 5.87. The van der Waals surface area contributed by atoms with Crippen molar-refractivity contribution in [1.82, 2.24) is 4.98 Å². The van der Waals surface area contributed by atoms with Gasteiger partial charge in [-0.1, -0.05) is 11.6 Å². The SMILES string of the molecule is Cc1cc(N)cc(S(=O)(=O)Nc2c(C)ccnc2Cl)c1F. The third-order valence-corrected chi connectivity index (χ3v) is 4.52. The molecule has 1 aromatic heterocycles. The lowest BCUT2D eigenvalue weighted by Crippen LogP contribution is -2.17. The van der Waals surface area contributed by atoms with Crippen molar-refractivity contribution in [2.24, 2.45) is 0 Å². The molecule has 2 rings (SSSR count). The molecule has 1 heterocycles. The first kappa shape index (κ1) is 15.5. The molecule has 0 radical (unpaired) electrons. The van der Waals surface area contributed by atoms with Crippen LogP contribution in [0.2, 0.25) is 5.15 Å². The van der Waals surface area contributed by atoms with Crippen molar-refractivity contribution in [3.8, 4) is 0 Å². The second kappa shape index (κ2) is 5.50. The van der Waals surface area contributed by atoms with Gasteiger partial charge in [-0.25, -0.2) is 17.8 Å². The minimum Gasteiger partial charge on any atom is -0.399 e. The first-order chi connectivity index (χ1) is 9.72. The molecule has 5 nitrogen and oxygen atoms in total. The highest BCUT2D eigenvalue weighted by Gasteiger charge is 2.23. The molecule has 0 bridgehead atoms. The zero-order chi connectivity index (χ0) is 15.8. The molecular formula is C13H13ClFN3O2S. The highest BCUT2D eigenvalue weighted by atomic mass is 35.5. The fourth-order valence-electron chi connectivity index (χ4n) is 1.80. The van der Waals surface area contributed by atoms with E-state index in [4.69, 9.17) is 17.3 Å². The summed E-state index contributed by atoms with van der Waals surface area (Å²) in [6, 6.07) is 4.01. The van der Waals surface area contributed by atoms with Crippen LogP contribution in [-0.4, -0.2) is 13.4 Å². The van der Waals surface area contributed by atoms with Crippen molar-refractivity contribution in [2.45, 2.75) is 18.7 Å². The van der Waals surface area contributed by atoms with Crippen molar-refractivity contribution in [3.63, 3.8) is 0 Å². The number of nitrogens with zero attached hydrogens (tertiary/aromatic N) is 1. The van der Waals surface area contributed by atoms with E-state index in [0.29, 0.717) is 5.56 Å². The Morgan fingerprint density at radius 1 is 1.29 bits per heavy atom.